The van der Waals surface area contributed by atoms with Gasteiger partial charge in [-0.25, -0.2) is 0 Å². The number of unbranched alkanes of at least 4 members (excludes halogenated alkanes) is 3. The average Bonchev–Trinajstić information content (AvgIpc) is 2.50. The zero-order chi connectivity index (χ0) is 14.6. The molecule has 1 aromatic rings. The van der Waals surface area contributed by atoms with Crippen LogP contribution in [-0.2, 0) is 6.54 Å². The van der Waals surface area contributed by atoms with Gasteiger partial charge >= 0.3 is 0 Å². The number of guanidine groups is 1. The molecule has 0 aromatic heterocycles. The lowest BCUT2D eigenvalue weighted by Crippen LogP contribution is -2.37. The molecular weight excluding hydrogens is 377 g/mol. The van der Waals surface area contributed by atoms with Crippen molar-refractivity contribution >= 4 is 29.9 Å². The Kier molecular flexibility index (Phi) is 12.1. The predicted molar refractivity (Wildman–Crippen MR) is 101 cm³/mol. The Morgan fingerprint density at radius 2 is 2.00 bits per heavy atom. The third-order valence-corrected chi connectivity index (χ3v) is 3.14. The van der Waals surface area contributed by atoms with Crippen LogP contribution in [0.2, 0.25) is 0 Å². The van der Waals surface area contributed by atoms with Crippen molar-refractivity contribution in [3.05, 3.63) is 29.8 Å². The molecule has 0 aliphatic rings. The zero-order valence-corrected chi connectivity index (χ0v) is 15.6. The first kappa shape index (κ1) is 20.0. The van der Waals surface area contributed by atoms with Gasteiger partial charge < -0.3 is 15.4 Å². The number of hydrogen-bond acceptors (Lipinski definition) is 2. The van der Waals surface area contributed by atoms with Gasteiger partial charge in [0.2, 0.25) is 0 Å². The Balaban J connectivity index is 0.00000400. The lowest BCUT2D eigenvalue weighted by molar-refractivity contribution is 0.414. The van der Waals surface area contributed by atoms with Crippen LogP contribution in [0.5, 0.6) is 5.75 Å². The van der Waals surface area contributed by atoms with E-state index in [4.69, 9.17) is 4.74 Å². The standard InChI is InChI=1S/C16H27N3O.HI/c1-4-5-6-7-11-18-16(17-2)19-13-14-9-8-10-15(12-14)20-3;/h8-10,12H,4-7,11,13H2,1-3H3,(H2,17,18,19);1H. The predicted octanol–water partition coefficient (Wildman–Crippen LogP) is 3.56. The zero-order valence-electron chi connectivity index (χ0n) is 13.3. The van der Waals surface area contributed by atoms with Crippen LogP contribution in [0.3, 0.4) is 0 Å². The summed E-state index contributed by atoms with van der Waals surface area (Å²) in [5.74, 6) is 1.73. The molecule has 5 heteroatoms. The van der Waals surface area contributed by atoms with Crippen LogP contribution in [0.15, 0.2) is 29.3 Å². The molecule has 0 atom stereocenters. The maximum absolute atomic E-state index is 5.22. The minimum Gasteiger partial charge on any atom is -0.497 e. The lowest BCUT2D eigenvalue weighted by atomic mass is 10.2. The largest absolute Gasteiger partial charge is 0.497 e. The van der Waals surface area contributed by atoms with Gasteiger partial charge in [0.15, 0.2) is 5.96 Å². The Morgan fingerprint density at radius 1 is 1.19 bits per heavy atom. The first-order valence-corrected chi connectivity index (χ1v) is 7.37. The quantitative estimate of drug-likeness (QED) is 0.301. The van der Waals surface area contributed by atoms with Gasteiger partial charge in [-0.05, 0) is 24.1 Å². The molecule has 0 saturated carbocycles. The Hall–Kier alpha value is -0.980. The van der Waals surface area contributed by atoms with Crippen molar-refractivity contribution in [2.75, 3.05) is 20.7 Å². The number of hydrogen-bond donors (Lipinski definition) is 2. The van der Waals surface area contributed by atoms with E-state index in [-0.39, 0.29) is 24.0 Å². The molecule has 2 N–H and O–H groups in total. The molecule has 0 aliphatic heterocycles. The van der Waals surface area contributed by atoms with E-state index in [2.05, 4.69) is 28.6 Å². The van der Waals surface area contributed by atoms with Gasteiger partial charge in [-0.2, -0.15) is 0 Å². The summed E-state index contributed by atoms with van der Waals surface area (Å²) in [6.45, 7) is 3.94. The monoisotopic (exact) mass is 405 g/mol. The summed E-state index contributed by atoms with van der Waals surface area (Å²) in [4.78, 5) is 4.23. The summed E-state index contributed by atoms with van der Waals surface area (Å²) < 4.78 is 5.22. The van der Waals surface area contributed by atoms with E-state index in [0.717, 1.165) is 24.8 Å². The van der Waals surface area contributed by atoms with Crippen LogP contribution in [0.4, 0.5) is 0 Å². The molecule has 0 unspecified atom stereocenters. The minimum atomic E-state index is 0. The Morgan fingerprint density at radius 3 is 2.67 bits per heavy atom. The van der Waals surface area contributed by atoms with Crippen molar-refractivity contribution in [1.29, 1.82) is 0 Å². The number of ether oxygens (including phenoxy) is 1. The molecule has 0 radical (unpaired) electrons. The maximum Gasteiger partial charge on any atom is 0.191 e. The van der Waals surface area contributed by atoms with Crippen LogP contribution in [0.1, 0.15) is 38.2 Å². The molecule has 0 aliphatic carbocycles. The molecule has 0 saturated heterocycles. The third-order valence-electron chi connectivity index (χ3n) is 3.14. The molecule has 1 aromatic carbocycles. The smallest absolute Gasteiger partial charge is 0.191 e. The van der Waals surface area contributed by atoms with E-state index in [1.807, 2.05) is 18.2 Å². The van der Waals surface area contributed by atoms with Crippen LogP contribution < -0.4 is 15.4 Å². The topological polar surface area (TPSA) is 45.7 Å². The van der Waals surface area contributed by atoms with Gasteiger partial charge in [0, 0.05) is 20.1 Å². The van der Waals surface area contributed by atoms with E-state index in [1.165, 1.54) is 31.2 Å². The highest BCUT2D eigenvalue weighted by Gasteiger charge is 1.99. The van der Waals surface area contributed by atoms with Crippen molar-refractivity contribution < 1.29 is 4.74 Å². The van der Waals surface area contributed by atoms with E-state index in [0.29, 0.717) is 0 Å². The molecule has 0 bridgehead atoms. The third kappa shape index (κ3) is 8.80. The first-order chi connectivity index (χ1) is 9.80. The summed E-state index contributed by atoms with van der Waals surface area (Å²) in [6.07, 6.45) is 5.03. The number of nitrogens with zero attached hydrogens (tertiary/aromatic N) is 1. The van der Waals surface area contributed by atoms with E-state index in [1.54, 1.807) is 14.2 Å². The molecule has 0 heterocycles. The van der Waals surface area contributed by atoms with Gasteiger partial charge in [0.05, 0.1) is 7.11 Å². The minimum absolute atomic E-state index is 0. The number of aliphatic imine (C=N–C) groups is 1. The van der Waals surface area contributed by atoms with E-state index < -0.39 is 0 Å². The second-order valence-electron chi connectivity index (χ2n) is 4.76. The summed E-state index contributed by atoms with van der Waals surface area (Å²) in [5, 5.41) is 6.65. The number of methoxy groups -OCH3 is 1. The second-order valence-corrected chi connectivity index (χ2v) is 4.76. The van der Waals surface area contributed by atoms with Gasteiger partial charge in [0.1, 0.15) is 5.75 Å². The number of benzene rings is 1. The number of nitrogens with one attached hydrogen (secondary N) is 2. The van der Waals surface area contributed by atoms with Crippen LogP contribution in [0.25, 0.3) is 0 Å². The Labute approximate surface area is 145 Å². The molecule has 1 rings (SSSR count). The van der Waals surface area contributed by atoms with Crippen molar-refractivity contribution in [3.63, 3.8) is 0 Å². The molecule has 21 heavy (non-hydrogen) atoms. The summed E-state index contributed by atoms with van der Waals surface area (Å²) in [7, 11) is 3.48. The fraction of sp³-hybridized carbons (Fsp3) is 0.562. The van der Waals surface area contributed by atoms with Crippen molar-refractivity contribution in [2.45, 2.75) is 39.2 Å². The van der Waals surface area contributed by atoms with Crippen molar-refractivity contribution in [2.24, 2.45) is 4.99 Å². The number of halogens is 1. The summed E-state index contributed by atoms with van der Waals surface area (Å²) in [6, 6.07) is 8.05. The second kappa shape index (κ2) is 12.7. The summed E-state index contributed by atoms with van der Waals surface area (Å²) >= 11 is 0. The first-order valence-electron chi connectivity index (χ1n) is 7.37. The van der Waals surface area contributed by atoms with Crippen LogP contribution in [-0.4, -0.2) is 26.7 Å². The normalized spacial score (nSPS) is 10.7. The van der Waals surface area contributed by atoms with E-state index in [9.17, 15) is 0 Å². The lowest BCUT2D eigenvalue weighted by Gasteiger charge is -2.12. The molecular formula is C16H28IN3O. The average molecular weight is 405 g/mol. The van der Waals surface area contributed by atoms with Crippen LogP contribution in [0, 0.1) is 0 Å². The highest BCUT2D eigenvalue weighted by molar-refractivity contribution is 14.0. The fourth-order valence-electron chi connectivity index (χ4n) is 1.95. The van der Waals surface area contributed by atoms with E-state index >= 15 is 0 Å². The van der Waals surface area contributed by atoms with Gasteiger partial charge in [-0.15, -0.1) is 24.0 Å². The molecule has 0 spiro atoms. The van der Waals surface area contributed by atoms with Gasteiger partial charge in [-0.3, -0.25) is 4.99 Å². The van der Waals surface area contributed by atoms with Gasteiger partial charge in [0.25, 0.3) is 0 Å². The summed E-state index contributed by atoms with van der Waals surface area (Å²) in [5.41, 5.74) is 1.18. The highest BCUT2D eigenvalue weighted by Crippen LogP contribution is 2.11. The SMILES string of the molecule is CCCCCCNC(=NC)NCc1cccc(OC)c1.I. The fourth-order valence-corrected chi connectivity index (χ4v) is 1.95. The molecule has 4 nitrogen and oxygen atoms in total. The highest BCUT2D eigenvalue weighted by atomic mass is 127. The maximum atomic E-state index is 5.22. The van der Waals surface area contributed by atoms with Crippen LogP contribution >= 0.6 is 24.0 Å². The molecule has 0 fully saturated rings. The molecule has 0 amide bonds. The molecule has 120 valence electrons. The van der Waals surface area contributed by atoms with Gasteiger partial charge in [-0.1, -0.05) is 38.3 Å². The van der Waals surface area contributed by atoms with Crippen molar-refractivity contribution in [3.8, 4) is 5.75 Å². The Bertz CT molecular complexity index is 410. The number of rotatable bonds is 8. The van der Waals surface area contributed by atoms with Crippen molar-refractivity contribution in [1.82, 2.24) is 10.6 Å².